The third-order valence-electron chi connectivity index (χ3n) is 4.44. The normalized spacial score (nSPS) is 51.0. The third-order valence-corrected chi connectivity index (χ3v) is 4.44. The van der Waals surface area contributed by atoms with E-state index in [1.807, 2.05) is 0 Å². The number of ether oxygens (including phenoxy) is 3. The van der Waals surface area contributed by atoms with Crippen LogP contribution in [0, 0.1) is 17.7 Å². The van der Waals surface area contributed by atoms with Crippen molar-refractivity contribution in [3.05, 3.63) is 23.3 Å². The summed E-state index contributed by atoms with van der Waals surface area (Å²) in [6.07, 6.45) is -13.4. The van der Waals surface area contributed by atoms with Crippen molar-refractivity contribution in [1.29, 1.82) is 0 Å². The number of esters is 1. The van der Waals surface area contributed by atoms with Crippen LogP contribution in [0.2, 0.25) is 0 Å². The Morgan fingerprint density at radius 1 is 1.40 bits per heavy atom. The zero-order valence-electron chi connectivity index (χ0n) is 37.7. The largest absolute Gasteiger partial charge is 0.493 e. The number of benzene rings is 1. The molecule has 0 radical (unpaired) electrons. The number of hydrogen-bond donors (Lipinski definition) is 1. The molecule has 0 aromatic heterocycles. The van der Waals surface area contributed by atoms with Crippen LogP contribution in [0.1, 0.15) is 86.2 Å². The molecule has 2 aliphatic rings. The SMILES string of the molecule is [2H]C([2H])([2H])C([2H])(C)C([2H])([2H])C1([2H])C([2H])([2H])N2CCc3cc(OC)c(OC)cc3C2([2H])C([2H])([2H])C1([2H])OC(=O)[C@@]([2H])(N)C([2H])(C([2H])([2H])[2H])C([2H])([2H])[2H]. The van der Waals surface area contributed by atoms with E-state index in [0.717, 1.165) is 13.2 Å². The molecule has 0 spiro atoms. The van der Waals surface area contributed by atoms with E-state index in [9.17, 15) is 14.4 Å². The minimum Gasteiger partial charge on any atom is -0.493 e. The fourth-order valence-electron chi connectivity index (χ4n) is 3.04. The van der Waals surface area contributed by atoms with E-state index in [-0.39, 0.29) is 28.4 Å². The van der Waals surface area contributed by atoms with Crippen LogP contribution in [-0.4, -0.2) is 50.2 Å². The maximum atomic E-state index is 13.9. The summed E-state index contributed by atoms with van der Waals surface area (Å²) in [4.78, 5) is 14.2. The number of nitrogens with zero attached hydrogens (tertiary/aromatic N) is 1. The second-order valence-corrected chi connectivity index (χ2v) is 6.48. The predicted octanol–water partition coefficient (Wildman–Crippen LogP) is 3.56. The molecule has 0 bridgehead atoms. The Morgan fingerprint density at radius 3 is 2.80 bits per heavy atom. The Balaban J connectivity index is 2.59. The van der Waals surface area contributed by atoms with E-state index in [0.29, 0.717) is 6.92 Å². The van der Waals surface area contributed by atoms with Crippen molar-refractivity contribution in [1.82, 2.24) is 4.90 Å². The van der Waals surface area contributed by atoms with Crippen LogP contribution in [0.3, 0.4) is 0 Å². The maximum Gasteiger partial charge on any atom is 0.323 e. The third kappa shape index (κ3) is 4.75. The van der Waals surface area contributed by atoms with Gasteiger partial charge in [0.25, 0.3) is 0 Å². The second kappa shape index (κ2) is 9.56. The first-order valence-corrected chi connectivity index (χ1v) is 8.90. The molecule has 1 saturated heterocycles. The van der Waals surface area contributed by atoms with Crippen molar-refractivity contribution >= 4 is 5.97 Å². The summed E-state index contributed by atoms with van der Waals surface area (Å²) in [5, 5.41) is 0. The van der Waals surface area contributed by atoms with Crippen molar-refractivity contribution in [2.75, 3.05) is 27.3 Å². The van der Waals surface area contributed by atoms with Gasteiger partial charge in [-0.25, -0.2) is 0 Å². The van der Waals surface area contributed by atoms with Crippen molar-refractivity contribution in [3.63, 3.8) is 0 Å². The molecule has 1 fully saturated rings. The standard InChI is InChI=1S/C24H38N2O4/c1-14(2)9-17-13-26-8-7-16-10-21(28-5)22(29-6)11-18(16)19(26)12-20(17)30-24(27)23(25)15(3)4/h10-11,14-15,17,19-20,23H,7-9,12-13,25H2,1-6H3/t17?,19?,20?,23-/m0/s1/i1D3,3D3,4D3,9D2,12D2,13D2,14D,15D,17D,19D,20D,23D/t14?,17?,19?,20?,23-. The summed E-state index contributed by atoms with van der Waals surface area (Å²) in [5.41, 5.74) is 5.17. The molecular formula is C24H38N2O4. The summed E-state index contributed by atoms with van der Waals surface area (Å²) in [6, 6.07) is -5.47. The molecule has 2 aliphatic heterocycles. The number of carbonyl (C=O) groups is 1. The Kier molecular flexibility index (Phi) is 2.54. The van der Waals surface area contributed by atoms with Gasteiger partial charge in [-0.05, 0) is 47.8 Å². The van der Waals surface area contributed by atoms with E-state index in [4.69, 9.17) is 39.1 Å². The lowest BCUT2D eigenvalue weighted by Crippen LogP contribution is -2.51. The lowest BCUT2D eigenvalue weighted by Gasteiger charge is -2.47. The molecular weight excluding hydrogens is 380 g/mol. The van der Waals surface area contributed by atoms with Gasteiger partial charge >= 0.3 is 5.97 Å². The molecule has 0 aliphatic carbocycles. The molecule has 0 saturated carbocycles. The zero-order valence-corrected chi connectivity index (χ0v) is 16.7. The molecule has 5 atom stereocenters. The molecule has 2 N–H and O–H groups in total. The van der Waals surface area contributed by atoms with Crippen LogP contribution in [-0.2, 0) is 16.0 Å². The van der Waals surface area contributed by atoms with E-state index in [2.05, 4.69) is 0 Å². The van der Waals surface area contributed by atoms with Gasteiger partial charge in [-0.1, -0.05) is 27.5 Å². The number of rotatable bonds is 7. The topological polar surface area (TPSA) is 74.0 Å². The quantitative estimate of drug-likeness (QED) is 0.655. The Hall–Kier alpha value is -1.79. The molecule has 1 aromatic rings. The molecule has 6 nitrogen and oxygen atoms in total. The average Bonchev–Trinajstić information content (AvgIpc) is 2.96. The van der Waals surface area contributed by atoms with Crippen molar-refractivity contribution < 1.29 is 47.8 Å². The number of nitrogens with two attached hydrogens (primary N) is 1. The highest BCUT2D eigenvalue weighted by molar-refractivity contribution is 5.76. The highest BCUT2D eigenvalue weighted by atomic mass is 16.5. The summed E-state index contributed by atoms with van der Waals surface area (Å²) in [7, 11) is 2.39. The summed E-state index contributed by atoms with van der Waals surface area (Å²) in [6.45, 7) is -16.4. The van der Waals surface area contributed by atoms with Gasteiger partial charge in [0.2, 0.25) is 0 Å². The average molecular weight is 440 g/mol. The first kappa shape index (κ1) is 7.96. The van der Waals surface area contributed by atoms with Crippen LogP contribution in [0.4, 0.5) is 0 Å². The number of piperidine rings is 1. The van der Waals surface area contributed by atoms with E-state index in [1.54, 1.807) is 0 Å². The number of methoxy groups -OCH3 is 2. The van der Waals surface area contributed by atoms with E-state index < -0.39 is 93.7 Å². The molecule has 2 heterocycles. The van der Waals surface area contributed by atoms with Crippen molar-refractivity contribution in [2.45, 2.75) is 64.8 Å². The fourth-order valence-corrected chi connectivity index (χ4v) is 3.04. The van der Waals surface area contributed by atoms with Gasteiger partial charge in [0.1, 0.15) is 12.1 Å². The van der Waals surface area contributed by atoms with Gasteiger partial charge in [0.15, 0.2) is 11.5 Å². The minimum atomic E-state index is -4.67. The van der Waals surface area contributed by atoms with Gasteiger partial charge < -0.3 is 19.9 Å². The van der Waals surface area contributed by atoms with Gasteiger partial charge in [0, 0.05) is 56.0 Å². The molecule has 3 rings (SSSR count). The molecule has 168 valence electrons. The lowest BCUT2D eigenvalue weighted by molar-refractivity contribution is -0.160. The van der Waals surface area contributed by atoms with Gasteiger partial charge in [-0.15, -0.1) is 0 Å². The van der Waals surface area contributed by atoms with Crippen LogP contribution in [0.15, 0.2) is 12.1 Å². The summed E-state index contributed by atoms with van der Waals surface area (Å²) >= 11 is 0. The highest BCUT2D eigenvalue weighted by Crippen LogP contribution is 2.44. The Labute approximate surface area is 210 Å². The summed E-state index contributed by atoms with van der Waals surface area (Å²) < 4.78 is 194. The first-order chi connectivity index (χ1) is 22.3. The number of carbonyl (C=O) groups excluding carboxylic acids is 1. The van der Waals surface area contributed by atoms with Gasteiger partial charge in [-0.2, -0.15) is 0 Å². The minimum absolute atomic E-state index is 0.0494. The zero-order chi connectivity index (χ0) is 40.4. The number of hydrogen-bond acceptors (Lipinski definition) is 6. The predicted molar refractivity (Wildman–Crippen MR) is 118 cm³/mol. The molecule has 4 unspecified atom stereocenters. The molecule has 30 heavy (non-hydrogen) atoms. The highest BCUT2D eigenvalue weighted by Gasteiger charge is 2.41. The molecule has 6 heteroatoms. The van der Waals surface area contributed by atoms with Crippen LogP contribution < -0.4 is 15.2 Å². The van der Waals surface area contributed by atoms with Gasteiger partial charge in [-0.3, -0.25) is 9.69 Å². The monoisotopic (exact) mass is 439 g/mol. The Morgan fingerprint density at radius 2 is 2.13 bits per heavy atom. The smallest absolute Gasteiger partial charge is 0.323 e. The number of fused-ring (bicyclic) bond motifs is 3. The van der Waals surface area contributed by atoms with E-state index in [1.165, 1.54) is 13.2 Å². The van der Waals surface area contributed by atoms with Crippen molar-refractivity contribution in [3.8, 4) is 11.5 Å². The van der Waals surface area contributed by atoms with E-state index >= 15 is 0 Å². The lowest BCUT2D eigenvalue weighted by atomic mass is 9.79. The maximum absolute atomic E-state index is 13.9. The second-order valence-electron chi connectivity index (χ2n) is 6.48. The van der Waals surface area contributed by atoms with Crippen molar-refractivity contribution in [2.24, 2.45) is 23.4 Å². The molecule has 0 amide bonds. The Bertz CT molecular complexity index is 1540. The molecule has 1 aromatic carbocycles. The summed E-state index contributed by atoms with van der Waals surface area (Å²) in [5.74, 6) is -15.4. The van der Waals surface area contributed by atoms with Crippen LogP contribution in [0.5, 0.6) is 11.5 Å². The first-order valence-electron chi connectivity index (χ1n) is 19.4. The van der Waals surface area contributed by atoms with Crippen LogP contribution in [0.25, 0.3) is 0 Å². The van der Waals surface area contributed by atoms with Crippen LogP contribution >= 0.6 is 0 Å². The fraction of sp³-hybridized carbons (Fsp3) is 0.708. The van der Waals surface area contributed by atoms with Gasteiger partial charge in [0.05, 0.1) is 18.3 Å².